The van der Waals surface area contributed by atoms with Crippen molar-refractivity contribution in [3.05, 3.63) is 95.8 Å². The van der Waals surface area contributed by atoms with Crippen molar-refractivity contribution in [2.45, 2.75) is 45.3 Å². The minimum atomic E-state index is -0.724. The van der Waals surface area contributed by atoms with Crippen LogP contribution in [0.1, 0.15) is 42.5 Å². The lowest BCUT2D eigenvalue weighted by molar-refractivity contribution is 0.0914. The highest BCUT2D eigenvalue weighted by Gasteiger charge is 2.20. The Bertz CT molecular complexity index is 1280. The fraction of sp³-hybridized carbons (Fsp3) is 0.310. The molecule has 0 aliphatic heterocycles. The normalized spacial score (nSPS) is 12.5. The van der Waals surface area contributed by atoms with Crippen LogP contribution in [0.3, 0.4) is 0 Å². The standard InChI is InChI=1S/C29H33N3O3/c1-29(2,3)23-13-7-10-16-26(23)35-20-22(33)19-32-25-15-9-8-14-24(25)31-27(32)17-18-30-28(34)21-11-5-4-6-12-21/h4-16,22,33H,17-20H2,1-3H3,(H,30,34). The predicted molar refractivity (Wildman–Crippen MR) is 139 cm³/mol. The number of ether oxygens (including phenoxy) is 1. The van der Waals surface area contributed by atoms with Crippen molar-refractivity contribution in [3.63, 3.8) is 0 Å². The molecule has 1 amide bonds. The molecule has 1 atom stereocenters. The van der Waals surface area contributed by atoms with E-state index in [0.29, 0.717) is 25.1 Å². The summed E-state index contributed by atoms with van der Waals surface area (Å²) in [7, 11) is 0. The Morgan fingerprint density at radius 3 is 2.46 bits per heavy atom. The number of aliphatic hydroxyl groups is 1. The van der Waals surface area contributed by atoms with Gasteiger partial charge in [-0.3, -0.25) is 4.79 Å². The van der Waals surface area contributed by atoms with Crippen LogP contribution in [0.15, 0.2) is 78.9 Å². The number of aromatic nitrogens is 2. The zero-order valence-electron chi connectivity index (χ0n) is 20.6. The van der Waals surface area contributed by atoms with Gasteiger partial charge in [0.1, 0.15) is 24.3 Å². The van der Waals surface area contributed by atoms with E-state index in [-0.39, 0.29) is 17.9 Å². The lowest BCUT2D eigenvalue weighted by Gasteiger charge is -2.23. The molecule has 0 spiro atoms. The van der Waals surface area contributed by atoms with Gasteiger partial charge in [0.05, 0.1) is 17.6 Å². The van der Waals surface area contributed by atoms with E-state index in [2.05, 4.69) is 32.2 Å². The first-order chi connectivity index (χ1) is 16.8. The molecule has 0 fully saturated rings. The van der Waals surface area contributed by atoms with E-state index in [1.165, 1.54) is 0 Å². The third kappa shape index (κ3) is 6.08. The number of carbonyl (C=O) groups is 1. The quantitative estimate of drug-likeness (QED) is 0.370. The summed E-state index contributed by atoms with van der Waals surface area (Å²) in [5.74, 6) is 1.49. The van der Waals surface area contributed by atoms with Crippen LogP contribution in [0.5, 0.6) is 5.75 Å². The Kier molecular flexibility index (Phi) is 7.51. The summed E-state index contributed by atoms with van der Waals surface area (Å²) >= 11 is 0. The molecule has 6 nitrogen and oxygen atoms in total. The van der Waals surface area contributed by atoms with Gasteiger partial charge in [-0.05, 0) is 41.3 Å². The van der Waals surface area contributed by atoms with Gasteiger partial charge in [-0.15, -0.1) is 0 Å². The minimum absolute atomic E-state index is 0.0561. The number of aliphatic hydroxyl groups excluding tert-OH is 1. The molecule has 1 unspecified atom stereocenters. The van der Waals surface area contributed by atoms with Crippen molar-refractivity contribution in [2.24, 2.45) is 0 Å². The summed E-state index contributed by atoms with van der Waals surface area (Å²) < 4.78 is 8.07. The molecule has 3 aromatic carbocycles. The van der Waals surface area contributed by atoms with E-state index in [4.69, 9.17) is 9.72 Å². The summed E-state index contributed by atoms with van der Waals surface area (Å²) in [5, 5.41) is 13.8. The van der Waals surface area contributed by atoms with Gasteiger partial charge in [-0.2, -0.15) is 0 Å². The van der Waals surface area contributed by atoms with Crippen LogP contribution in [0.4, 0.5) is 0 Å². The van der Waals surface area contributed by atoms with Crippen molar-refractivity contribution >= 4 is 16.9 Å². The van der Waals surface area contributed by atoms with Gasteiger partial charge in [0, 0.05) is 18.5 Å². The first-order valence-corrected chi connectivity index (χ1v) is 12.0. The largest absolute Gasteiger partial charge is 0.491 e. The molecular formula is C29H33N3O3. The average molecular weight is 472 g/mol. The van der Waals surface area contributed by atoms with Gasteiger partial charge < -0.3 is 19.7 Å². The van der Waals surface area contributed by atoms with Gasteiger partial charge in [-0.1, -0.05) is 69.3 Å². The van der Waals surface area contributed by atoms with Crippen LogP contribution >= 0.6 is 0 Å². The first-order valence-electron chi connectivity index (χ1n) is 12.0. The number of nitrogens with one attached hydrogen (secondary N) is 1. The molecular weight excluding hydrogens is 438 g/mol. The monoisotopic (exact) mass is 471 g/mol. The second kappa shape index (κ2) is 10.7. The van der Waals surface area contributed by atoms with Crippen LogP contribution < -0.4 is 10.1 Å². The van der Waals surface area contributed by atoms with E-state index < -0.39 is 6.10 Å². The molecule has 4 rings (SSSR count). The summed E-state index contributed by atoms with van der Waals surface area (Å²) in [6.07, 6.45) is -0.175. The SMILES string of the molecule is CC(C)(C)c1ccccc1OCC(O)Cn1c(CCNC(=O)c2ccccc2)nc2ccccc21. The van der Waals surface area contributed by atoms with Gasteiger partial charge in [0.25, 0.3) is 5.91 Å². The van der Waals surface area contributed by atoms with Crippen LogP contribution in [0, 0.1) is 0 Å². The van der Waals surface area contributed by atoms with Gasteiger partial charge in [0.2, 0.25) is 0 Å². The number of imidazole rings is 1. The molecule has 4 aromatic rings. The number of rotatable bonds is 9. The van der Waals surface area contributed by atoms with Crippen molar-refractivity contribution in [1.82, 2.24) is 14.9 Å². The second-order valence-corrected chi connectivity index (χ2v) is 9.71. The van der Waals surface area contributed by atoms with Crippen molar-refractivity contribution in [2.75, 3.05) is 13.2 Å². The lowest BCUT2D eigenvalue weighted by Crippen LogP contribution is -2.28. The molecule has 0 bridgehead atoms. The molecule has 0 radical (unpaired) electrons. The molecule has 1 heterocycles. The van der Waals surface area contributed by atoms with E-state index in [9.17, 15) is 9.90 Å². The number of nitrogens with zero attached hydrogens (tertiary/aromatic N) is 2. The second-order valence-electron chi connectivity index (χ2n) is 9.71. The molecule has 0 saturated heterocycles. The third-order valence-electron chi connectivity index (χ3n) is 5.92. The molecule has 0 saturated carbocycles. The zero-order valence-corrected chi connectivity index (χ0v) is 20.6. The summed E-state index contributed by atoms with van der Waals surface area (Å²) in [4.78, 5) is 17.2. The van der Waals surface area contributed by atoms with Crippen molar-refractivity contribution in [3.8, 4) is 5.75 Å². The fourth-order valence-corrected chi connectivity index (χ4v) is 4.16. The number of hydrogen-bond donors (Lipinski definition) is 2. The van der Waals surface area contributed by atoms with E-state index in [0.717, 1.165) is 28.2 Å². The molecule has 2 N–H and O–H groups in total. The van der Waals surface area contributed by atoms with Crippen molar-refractivity contribution in [1.29, 1.82) is 0 Å². The predicted octanol–water partition coefficient (Wildman–Crippen LogP) is 4.75. The summed E-state index contributed by atoms with van der Waals surface area (Å²) in [6, 6.07) is 25.0. The molecule has 182 valence electrons. The van der Waals surface area contributed by atoms with Crippen LogP contribution in [0.25, 0.3) is 11.0 Å². The van der Waals surface area contributed by atoms with Gasteiger partial charge in [-0.25, -0.2) is 4.98 Å². The van der Waals surface area contributed by atoms with Gasteiger partial charge in [0.15, 0.2) is 0 Å². The lowest BCUT2D eigenvalue weighted by atomic mass is 9.86. The highest BCUT2D eigenvalue weighted by molar-refractivity contribution is 5.94. The highest BCUT2D eigenvalue weighted by atomic mass is 16.5. The Hall–Kier alpha value is -3.64. The Balaban J connectivity index is 1.44. The highest BCUT2D eigenvalue weighted by Crippen LogP contribution is 2.31. The molecule has 1 aromatic heterocycles. The maximum Gasteiger partial charge on any atom is 0.251 e. The number of amides is 1. The minimum Gasteiger partial charge on any atom is -0.491 e. The average Bonchev–Trinajstić information content (AvgIpc) is 3.20. The smallest absolute Gasteiger partial charge is 0.251 e. The number of para-hydroxylation sites is 3. The molecule has 35 heavy (non-hydrogen) atoms. The Morgan fingerprint density at radius 2 is 1.69 bits per heavy atom. The summed E-state index contributed by atoms with van der Waals surface area (Å²) in [6.45, 7) is 7.40. The number of carbonyl (C=O) groups excluding carboxylic acids is 1. The van der Waals surface area contributed by atoms with Crippen LogP contribution in [-0.2, 0) is 18.4 Å². The number of fused-ring (bicyclic) bond motifs is 1. The Morgan fingerprint density at radius 1 is 1.00 bits per heavy atom. The first kappa shape index (κ1) is 24.5. The van der Waals surface area contributed by atoms with Crippen molar-refractivity contribution < 1.29 is 14.6 Å². The topological polar surface area (TPSA) is 76.4 Å². The van der Waals surface area contributed by atoms with E-state index >= 15 is 0 Å². The summed E-state index contributed by atoms with van der Waals surface area (Å²) in [5.41, 5.74) is 3.49. The number of benzene rings is 3. The zero-order chi connectivity index (χ0) is 24.8. The van der Waals surface area contributed by atoms with E-state index in [1.54, 1.807) is 12.1 Å². The maximum absolute atomic E-state index is 12.4. The molecule has 0 aliphatic carbocycles. The fourth-order valence-electron chi connectivity index (χ4n) is 4.16. The molecule has 6 heteroatoms. The van der Waals surface area contributed by atoms with Crippen LogP contribution in [-0.4, -0.2) is 39.8 Å². The Labute approximate surface area is 206 Å². The number of hydrogen-bond acceptors (Lipinski definition) is 4. The van der Waals surface area contributed by atoms with E-state index in [1.807, 2.05) is 65.2 Å². The maximum atomic E-state index is 12.4. The van der Waals surface area contributed by atoms with Gasteiger partial charge >= 0.3 is 0 Å². The molecule has 0 aliphatic rings. The third-order valence-corrected chi connectivity index (χ3v) is 5.92. The van der Waals surface area contributed by atoms with Crippen LogP contribution in [0.2, 0.25) is 0 Å².